The Balaban J connectivity index is 2.11. The van der Waals surface area contributed by atoms with Gasteiger partial charge < -0.3 is 0 Å². The minimum Gasteiger partial charge on any atom is -0.256 e. The van der Waals surface area contributed by atoms with Crippen LogP contribution < -0.4 is 0 Å². The summed E-state index contributed by atoms with van der Waals surface area (Å²) in [5.74, 6) is 0. The average molecular weight is 301 g/mol. The highest BCUT2D eigenvalue weighted by molar-refractivity contribution is 5.98. The van der Waals surface area contributed by atoms with Gasteiger partial charge in [-0.1, -0.05) is 49.7 Å². The zero-order chi connectivity index (χ0) is 15.6. The maximum atomic E-state index is 4.81. The summed E-state index contributed by atoms with van der Waals surface area (Å²) < 4.78 is 0. The van der Waals surface area contributed by atoms with Crippen molar-refractivity contribution in [3.8, 4) is 11.1 Å². The molecule has 23 heavy (non-hydrogen) atoms. The molecular weight excluding hydrogens is 278 g/mol. The number of nitrogens with zero attached hydrogens (tertiary/aromatic N) is 1. The van der Waals surface area contributed by atoms with E-state index in [2.05, 4.69) is 49.4 Å². The summed E-state index contributed by atoms with van der Waals surface area (Å²) in [6.07, 6.45) is 9.36. The first-order valence-corrected chi connectivity index (χ1v) is 8.87. The topological polar surface area (TPSA) is 12.9 Å². The number of fused-ring (bicyclic) bond motifs is 2. The number of rotatable bonds is 3. The Kier molecular flexibility index (Phi) is 3.87. The summed E-state index contributed by atoms with van der Waals surface area (Å²) >= 11 is 0. The lowest BCUT2D eigenvalue weighted by Gasteiger charge is -2.25. The van der Waals surface area contributed by atoms with Crippen LogP contribution in [0, 0.1) is 0 Å². The fourth-order valence-corrected chi connectivity index (χ4v) is 4.12. The van der Waals surface area contributed by atoms with Crippen molar-refractivity contribution in [1.29, 1.82) is 0 Å². The zero-order valence-corrected chi connectivity index (χ0v) is 13.8. The van der Waals surface area contributed by atoms with Crippen LogP contribution in [0.25, 0.3) is 22.0 Å². The van der Waals surface area contributed by atoms with Crippen LogP contribution in [0.1, 0.15) is 42.9 Å². The summed E-state index contributed by atoms with van der Waals surface area (Å²) in [7, 11) is 0. The highest BCUT2D eigenvalue weighted by Crippen LogP contribution is 2.40. The second-order valence-corrected chi connectivity index (χ2v) is 6.53. The molecule has 0 amide bonds. The molecule has 116 valence electrons. The Labute approximate surface area is 138 Å². The third-order valence-corrected chi connectivity index (χ3v) is 5.07. The molecule has 1 aliphatic rings. The lowest BCUT2D eigenvalue weighted by Crippen LogP contribution is -2.10. The fourth-order valence-electron chi connectivity index (χ4n) is 4.12. The van der Waals surface area contributed by atoms with Gasteiger partial charge in [-0.3, -0.25) is 4.98 Å². The summed E-state index contributed by atoms with van der Waals surface area (Å²) in [6.45, 7) is 2.28. The van der Waals surface area contributed by atoms with Gasteiger partial charge in [0.2, 0.25) is 0 Å². The Bertz CT molecular complexity index is 833. The number of pyridine rings is 1. The van der Waals surface area contributed by atoms with Crippen molar-refractivity contribution in [3.05, 3.63) is 65.4 Å². The van der Waals surface area contributed by atoms with E-state index in [4.69, 9.17) is 4.98 Å². The SMILES string of the molecule is CCCc1c2c(c(-c3ccccc3)c3ncccc13)CCCC2. The second kappa shape index (κ2) is 6.16. The lowest BCUT2D eigenvalue weighted by atomic mass is 9.80. The summed E-state index contributed by atoms with van der Waals surface area (Å²) in [5.41, 5.74) is 8.65. The molecule has 0 saturated heterocycles. The van der Waals surface area contributed by atoms with E-state index in [9.17, 15) is 0 Å². The Hall–Kier alpha value is -2.15. The highest BCUT2D eigenvalue weighted by Gasteiger charge is 2.22. The molecule has 0 saturated carbocycles. The van der Waals surface area contributed by atoms with Gasteiger partial charge in [0.25, 0.3) is 0 Å². The van der Waals surface area contributed by atoms with E-state index >= 15 is 0 Å². The normalized spacial score (nSPS) is 14.0. The predicted octanol–water partition coefficient (Wildman–Crippen LogP) is 5.73. The molecular formula is C22H23N. The summed E-state index contributed by atoms with van der Waals surface area (Å²) in [6, 6.07) is 15.2. The minimum absolute atomic E-state index is 1.17. The summed E-state index contributed by atoms with van der Waals surface area (Å²) in [5, 5.41) is 1.37. The fraction of sp³-hybridized carbons (Fsp3) is 0.318. The maximum Gasteiger partial charge on any atom is 0.0786 e. The van der Waals surface area contributed by atoms with Gasteiger partial charge in [-0.05, 0) is 60.4 Å². The summed E-state index contributed by atoms with van der Waals surface area (Å²) in [4.78, 5) is 4.81. The van der Waals surface area contributed by atoms with Crippen LogP contribution in [0.5, 0.6) is 0 Å². The number of aromatic nitrogens is 1. The van der Waals surface area contributed by atoms with Crippen molar-refractivity contribution >= 4 is 10.9 Å². The van der Waals surface area contributed by atoms with Crippen LogP contribution in [0.3, 0.4) is 0 Å². The predicted molar refractivity (Wildman–Crippen MR) is 97.8 cm³/mol. The van der Waals surface area contributed by atoms with E-state index in [1.54, 1.807) is 16.7 Å². The van der Waals surface area contributed by atoms with Gasteiger partial charge in [-0.25, -0.2) is 0 Å². The molecule has 2 aromatic carbocycles. The van der Waals surface area contributed by atoms with Crippen LogP contribution in [-0.4, -0.2) is 4.98 Å². The molecule has 0 unspecified atom stereocenters. The van der Waals surface area contributed by atoms with Crippen molar-refractivity contribution in [1.82, 2.24) is 4.98 Å². The van der Waals surface area contributed by atoms with Crippen molar-refractivity contribution in [3.63, 3.8) is 0 Å². The molecule has 1 heterocycles. The first-order valence-electron chi connectivity index (χ1n) is 8.87. The van der Waals surface area contributed by atoms with Crippen LogP contribution in [0.15, 0.2) is 48.7 Å². The van der Waals surface area contributed by atoms with E-state index < -0.39 is 0 Å². The molecule has 1 heteroatoms. The molecule has 0 N–H and O–H groups in total. The smallest absolute Gasteiger partial charge is 0.0786 e. The molecule has 3 aromatic rings. The number of hydrogen-bond donors (Lipinski definition) is 0. The molecule has 1 aliphatic carbocycles. The van der Waals surface area contributed by atoms with E-state index in [1.807, 2.05) is 6.20 Å². The third kappa shape index (κ3) is 2.45. The van der Waals surface area contributed by atoms with Crippen molar-refractivity contribution in [2.45, 2.75) is 45.4 Å². The number of benzene rings is 2. The quantitative estimate of drug-likeness (QED) is 0.601. The van der Waals surface area contributed by atoms with Gasteiger partial charge in [-0.15, -0.1) is 0 Å². The highest BCUT2D eigenvalue weighted by atomic mass is 14.7. The molecule has 0 spiro atoms. The first kappa shape index (κ1) is 14.4. The van der Waals surface area contributed by atoms with Gasteiger partial charge in [0.05, 0.1) is 5.52 Å². The maximum absolute atomic E-state index is 4.81. The molecule has 1 aromatic heterocycles. The van der Waals surface area contributed by atoms with Crippen LogP contribution in [0.4, 0.5) is 0 Å². The monoisotopic (exact) mass is 301 g/mol. The van der Waals surface area contributed by atoms with Gasteiger partial charge in [-0.2, -0.15) is 0 Å². The molecule has 0 aliphatic heterocycles. The van der Waals surface area contributed by atoms with Crippen molar-refractivity contribution in [2.75, 3.05) is 0 Å². The van der Waals surface area contributed by atoms with Crippen LogP contribution >= 0.6 is 0 Å². The first-order chi connectivity index (χ1) is 11.4. The molecule has 0 bridgehead atoms. The molecule has 0 fully saturated rings. The Morgan fingerprint density at radius 3 is 2.48 bits per heavy atom. The van der Waals surface area contributed by atoms with E-state index in [-0.39, 0.29) is 0 Å². The lowest BCUT2D eigenvalue weighted by molar-refractivity contribution is 0.679. The molecule has 0 radical (unpaired) electrons. The van der Waals surface area contributed by atoms with Crippen LogP contribution in [0.2, 0.25) is 0 Å². The van der Waals surface area contributed by atoms with Crippen molar-refractivity contribution in [2.24, 2.45) is 0 Å². The second-order valence-electron chi connectivity index (χ2n) is 6.53. The largest absolute Gasteiger partial charge is 0.256 e. The van der Waals surface area contributed by atoms with Gasteiger partial charge in [0.15, 0.2) is 0 Å². The van der Waals surface area contributed by atoms with E-state index in [0.717, 1.165) is 0 Å². The van der Waals surface area contributed by atoms with Gasteiger partial charge in [0.1, 0.15) is 0 Å². The van der Waals surface area contributed by atoms with Gasteiger partial charge in [0, 0.05) is 17.1 Å². The zero-order valence-electron chi connectivity index (χ0n) is 13.8. The third-order valence-electron chi connectivity index (χ3n) is 5.07. The minimum atomic E-state index is 1.17. The average Bonchev–Trinajstić information content (AvgIpc) is 2.62. The van der Waals surface area contributed by atoms with Crippen LogP contribution in [-0.2, 0) is 19.3 Å². The van der Waals surface area contributed by atoms with Gasteiger partial charge >= 0.3 is 0 Å². The van der Waals surface area contributed by atoms with Crippen molar-refractivity contribution < 1.29 is 0 Å². The number of aryl methyl sites for hydroxylation is 1. The van der Waals surface area contributed by atoms with E-state index in [0.29, 0.717) is 0 Å². The standard InChI is InChI=1S/C22H23N/c1-2-9-17-18-12-6-7-13-19(18)21(16-10-4-3-5-11-16)22-20(17)14-8-15-23-22/h3-5,8,10-11,14-15H,2,6-7,9,12-13H2,1H3. The molecule has 0 atom stereocenters. The molecule has 4 rings (SSSR count). The Morgan fingerprint density at radius 2 is 1.70 bits per heavy atom. The Morgan fingerprint density at radius 1 is 0.913 bits per heavy atom. The van der Waals surface area contributed by atoms with E-state index in [1.165, 1.54) is 60.6 Å². The number of hydrogen-bond acceptors (Lipinski definition) is 1. The molecule has 1 nitrogen and oxygen atoms in total.